The molecule has 2 fully saturated rings. The number of rotatable bonds is 10. The van der Waals surface area contributed by atoms with E-state index in [1.807, 2.05) is 24.3 Å². The van der Waals surface area contributed by atoms with Gasteiger partial charge in [-0.15, -0.1) is 0 Å². The smallest absolute Gasteiger partial charge is 0.232 e. The molecule has 0 bridgehead atoms. The molecular weight excluding hydrogens is 593 g/mol. The van der Waals surface area contributed by atoms with Crippen LogP contribution in [0.1, 0.15) is 26.2 Å². The number of benzene rings is 2. The number of halogens is 1. The molecule has 4 heterocycles. The third-order valence-corrected chi connectivity index (χ3v) is 10.1. The third kappa shape index (κ3) is 7.00. The van der Waals surface area contributed by atoms with Crippen molar-refractivity contribution in [2.75, 3.05) is 79.0 Å². The van der Waals surface area contributed by atoms with Crippen LogP contribution < -0.4 is 19.8 Å². The summed E-state index contributed by atoms with van der Waals surface area (Å²) in [5, 5.41) is 7.15. The molecule has 3 N–H and O–H groups in total. The fourth-order valence-electron chi connectivity index (χ4n) is 6.36. The molecule has 0 atom stereocenters. The number of hydrogen-bond acceptors (Lipinski definition) is 9. The number of aromatic nitrogens is 3. The molecule has 2 aromatic heterocycles. The van der Waals surface area contributed by atoms with Crippen LogP contribution in [0.25, 0.3) is 11.0 Å². The van der Waals surface area contributed by atoms with Crippen molar-refractivity contribution in [2.24, 2.45) is 0 Å². The summed E-state index contributed by atoms with van der Waals surface area (Å²) in [5.41, 5.74) is 2.77. The van der Waals surface area contributed by atoms with E-state index in [1.54, 1.807) is 24.4 Å². The lowest BCUT2D eigenvalue weighted by Gasteiger charge is -2.43. The number of H-pyrrole nitrogens is 1. The van der Waals surface area contributed by atoms with Gasteiger partial charge in [0.1, 0.15) is 17.3 Å². The summed E-state index contributed by atoms with van der Waals surface area (Å²) in [6, 6.07) is 14.7. The Bertz CT molecular complexity index is 1730. The zero-order valence-corrected chi connectivity index (χ0v) is 26.9. The first-order valence-electron chi connectivity index (χ1n) is 15.6. The van der Waals surface area contributed by atoms with E-state index in [1.165, 1.54) is 30.4 Å². The summed E-state index contributed by atoms with van der Waals surface area (Å²) < 4.78 is 41.2. The number of nitrogens with one attached hydrogen (secondary N) is 3. The fraction of sp³-hybridized carbons (Fsp3) is 0.438. The van der Waals surface area contributed by atoms with Gasteiger partial charge in [0.05, 0.1) is 28.7 Å². The second kappa shape index (κ2) is 13.2. The van der Waals surface area contributed by atoms with Crippen LogP contribution in [-0.4, -0.2) is 98.3 Å². The predicted molar refractivity (Wildman–Crippen MR) is 180 cm³/mol. The molecule has 2 aliphatic rings. The van der Waals surface area contributed by atoms with Crippen molar-refractivity contribution in [3.05, 3.63) is 60.5 Å². The molecule has 0 unspecified atom stereocenters. The maximum atomic E-state index is 15.5. The number of hydrogen-bond donors (Lipinski definition) is 3. The Hall–Kier alpha value is -3.94. The molecule has 2 aliphatic heterocycles. The van der Waals surface area contributed by atoms with Crippen LogP contribution >= 0.6 is 0 Å². The standard InChI is InChI=1S/C32H42FN9O2S/c1-4-15-40-18-20-41(21-19-40)24-12-16-42(17-13-24)28-10-9-23(22-26(28)33)35-32-37-30-25(11-14-34-30)31(38-32)36-27-7-5-6-8-29(27)39(2)45(3,43)44/h5-11,14,22,24H,4,12-13,15-21H2,1-3H3,(H3,34,35,36,37,38). The van der Waals surface area contributed by atoms with Crippen LogP contribution in [0, 0.1) is 5.82 Å². The second-order valence-electron chi connectivity index (χ2n) is 11.9. The number of fused-ring (bicyclic) bond motifs is 1. The largest absolute Gasteiger partial charge is 0.369 e. The monoisotopic (exact) mass is 635 g/mol. The molecule has 45 heavy (non-hydrogen) atoms. The van der Waals surface area contributed by atoms with E-state index in [-0.39, 0.29) is 11.8 Å². The van der Waals surface area contributed by atoms with Crippen molar-refractivity contribution in [1.29, 1.82) is 0 Å². The molecule has 0 amide bonds. The van der Waals surface area contributed by atoms with E-state index in [9.17, 15) is 8.42 Å². The van der Waals surface area contributed by atoms with Gasteiger partial charge in [0, 0.05) is 64.2 Å². The normalized spacial score (nSPS) is 17.1. The van der Waals surface area contributed by atoms with Crippen molar-refractivity contribution in [3.8, 4) is 0 Å². The minimum Gasteiger partial charge on any atom is -0.369 e. The van der Waals surface area contributed by atoms with Gasteiger partial charge in [-0.1, -0.05) is 19.1 Å². The number of piperidine rings is 1. The van der Waals surface area contributed by atoms with Crippen LogP contribution in [-0.2, 0) is 10.0 Å². The van der Waals surface area contributed by atoms with Crippen molar-refractivity contribution in [1.82, 2.24) is 24.8 Å². The zero-order chi connectivity index (χ0) is 31.6. The van der Waals surface area contributed by atoms with Gasteiger partial charge in [0.25, 0.3) is 0 Å². The highest BCUT2D eigenvalue weighted by molar-refractivity contribution is 7.92. The molecule has 240 valence electrons. The molecule has 2 aromatic carbocycles. The van der Waals surface area contributed by atoms with Gasteiger partial charge in [-0.05, 0) is 62.2 Å². The molecule has 0 radical (unpaired) electrons. The molecule has 2 saturated heterocycles. The van der Waals surface area contributed by atoms with Gasteiger partial charge in [-0.2, -0.15) is 9.97 Å². The van der Waals surface area contributed by atoms with E-state index in [4.69, 9.17) is 0 Å². The van der Waals surface area contributed by atoms with Gasteiger partial charge in [-0.25, -0.2) is 12.8 Å². The summed E-state index contributed by atoms with van der Waals surface area (Å²) >= 11 is 0. The minimum absolute atomic E-state index is 0.272. The second-order valence-corrected chi connectivity index (χ2v) is 13.9. The van der Waals surface area contributed by atoms with Crippen molar-refractivity contribution >= 4 is 55.6 Å². The van der Waals surface area contributed by atoms with Crippen LogP contribution in [0.3, 0.4) is 0 Å². The molecule has 11 nitrogen and oxygen atoms in total. The van der Waals surface area contributed by atoms with Crippen LogP contribution in [0.4, 0.5) is 38.9 Å². The van der Waals surface area contributed by atoms with Crippen LogP contribution in [0.2, 0.25) is 0 Å². The van der Waals surface area contributed by atoms with E-state index >= 15 is 4.39 Å². The Kier molecular flexibility index (Phi) is 9.11. The van der Waals surface area contributed by atoms with E-state index in [2.05, 4.69) is 47.2 Å². The van der Waals surface area contributed by atoms with E-state index in [0.29, 0.717) is 40.3 Å². The zero-order valence-electron chi connectivity index (χ0n) is 26.1. The quantitative estimate of drug-likeness (QED) is 0.222. The molecule has 13 heteroatoms. The topological polar surface area (TPSA) is 113 Å². The first-order chi connectivity index (χ1) is 21.7. The van der Waals surface area contributed by atoms with Crippen molar-refractivity contribution < 1.29 is 12.8 Å². The molecule has 0 aliphatic carbocycles. The van der Waals surface area contributed by atoms with Gasteiger partial charge in [-0.3, -0.25) is 9.21 Å². The van der Waals surface area contributed by atoms with Gasteiger partial charge >= 0.3 is 0 Å². The molecule has 0 spiro atoms. The number of anilines is 6. The Morgan fingerprint density at radius 3 is 2.47 bits per heavy atom. The van der Waals surface area contributed by atoms with Crippen LogP contribution in [0.5, 0.6) is 0 Å². The Balaban J connectivity index is 1.14. The maximum Gasteiger partial charge on any atom is 0.232 e. The summed E-state index contributed by atoms with van der Waals surface area (Å²) in [5.74, 6) is 0.460. The number of nitrogens with zero attached hydrogens (tertiary/aromatic N) is 6. The van der Waals surface area contributed by atoms with Crippen molar-refractivity contribution in [3.63, 3.8) is 0 Å². The Labute approximate surface area is 264 Å². The van der Waals surface area contributed by atoms with E-state index in [0.717, 1.165) is 63.8 Å². The third-order valence-electron chi connectivity index (χ3n) is 8.88. The number of piperazine rings is 1. The SMILES string of the molecule is CCCN1CCN(C2CCN(c3ccc(Nc4nc(Nc5ccccc5N(C)S(C)(=O)=O)c5cc[nH]c5n4)cc3F)CC2)CC1. The lowest BCUT2D eigenvalue weighted by atomic mass is 10.0. The first-order valence-corrected chi connectivity index (χ1v) is 17.5. The predicted octanol–water partition coefficient (Wildman–Crippen LogP) is 4.98. The first kappa shape index (κ1) is 31.1. The fourth-order valence-corrected chi connectivity index (χ4v) is 6.88. The Morgan fingerprint density at radius 1 is 1.00 bits per heavy atom. The molecule has 4 aromatic rings. The summed E-state index contributed by atoms with van der Waals surface area (Å²) in [7, 11) is -1.97. The highest BCUT2D eigenvalue weighted by Crippen LogP contribution is 2.33. The number of aromatic amines is 1. The lowest BCUT2D eigenvalue weighted by Crippen LogP contribution is -2.53. The van der Waals surface area contributed by atoms with Crippen molar-refractivity contribution in [2.45, 2.75) is 32.2 Å². The summed E-state index contributed by atoms with van der Waals surface area (Å²) in [6.07, 6.45) is 6.19. The summed E-state index contributed by atoms with van der Waals surface area (Å²) in [4.78, 5) is 19.7. The number of sulfonamides is 1. The highest BCUT2D eigenvalue weighted by Gasteiger charge is 2.28. The molecule has 0 saturated carbocycles. The van der Waals surface area contributed by atoms with Gasteiger partial charge < -0.3 is 25.4 Å². The minimum atomic E-state index is -3.48. The molecule has 6 rings (SSSR count). The van der Waals surface area contributed by atoms with Crippen LogP contribution in [0.15, 0.2) is 54.7 Å². The average molecular weight is 636 g/mol. The van der Waals surface area contributed by atoms with E-state index < -0.39 is 10.0 Å². The lowest BCUT2D eigenvalue weighted by molar-refractivity contribution is 0.0849. The average Bonchev–Trinajstić information content (AvgIpc) is 3.51. The van der Waals surface area contributed by atoms with Gasteiger partial charge in [0.2, 0.25) is 16.0 Å². The summed E-state index contributed by atoms with van der Waals surface area (Å²) in [6.45, 7) is 9.62. The molecular formula is C32H42FN9O2S. The van der Waals surface area contributed by atoms with Gasteiger partial charge in [0.15, 0.2) is 0 Å². The number of para-hydroxylation sites is 2. The Morgan fingerprint density at radius 2 is 1.76 bits per heavy atom. The highest BCUT2D eigenvalue weighted by atomic mass is 32.2. The maximum absolute atomic E-state index is 15.5.